The average Bonchev–Trinajstić information content (AvgIpc) is 2.63. The van der Waals surface area contributed by atoms with E-state index in [9.17, 15) is 9.18 Å². The zero-order valence-electron chi connectivity index (χ0n) is 15.0. The Labute approximate surface area is 153 Å². The summed E-state index contributed by atoms with van der Waals surface area (Å²) in [4.78, 5) is 20.4. The fraction of sp³-hybridized carbons (Fsp3) is 0.400. The number of pyridine rings is 1. The van der Waals surface area contributed by atoms with Gasteiger partial charge in [0.15, 0.2) is 0 Å². The van der Waals surface area contributed by atoms with Gasteiger partial charge >= 0.3 is 0 Å². The Bertz CT molecular complexity index is 718. The van der Waals surface area contributed by atoms with Crippen LogP contribution in [0.5, 0.6) is 5.75 Å². The molecule has 1 aromatic heterocycles. The normalized spacial score (nSPS) is 15.3. The summed E-state index contributed by atoms with van der Waals surface area (Å²) in [6, 6.07) is 10.1. The molecule has 1 aliphatic heterocycles. The van der Waals surface area contributed by atoms with Crippen molar-refractivity contribution in [3.8, 4) is 5.75 Å². The van der Waals surface area contributed by atoms with Crippen LogP contribution in [0.25, 0.3) is 0 Å². The Morgan fingerprint density at radius 2 is 2.00 bits per heavy atom. The second kappa shape index (κ2) is 8.76. The molecule has 1 aromatic carbocycles. The molecule has 0 saturated carbocycles. The summed E-state index contributed by atoms with van der Waals surface area (Å²) in [5.74, 6) is 0.380. The van der Waals surface area contributed by atoms with Crippen LogP contribution in [0.4, 0.5) is 4.39 Å². The molecule has 3 rings (SSSR count). The zero-order chi connectivity index (χ0) is 18.4. The maximum atomic E-state index is 13.2. The van der Waals surface area contributed by atoms with Gasteiger partial charge in [0.25, 0.3) is 0 Å². The average molecular weight is 357 g/mol. The van der Waals surface area contributed by atoms with Crippen LogP contribution in [-0.2, 0) is 11.3 Å². The number of hydrogen-bond acceptors (Lipinski definition) is 4. The highest BCUT2D eigenvalue weighted by atomic mass is 19.1. The highest BCUT2D eigenvalue weighted by Crippen LogP contribution is 2.20. The first-order valence-electron chi connectivity index (χ1n) is 8.87. The molecular formula is C20H24FN3O2. The van der Waals surface area contributed by atoms with E-state index in [0.29, 0.717) is 31.9 Å². The summed E-state index contributed by atoms with van der Waals surface area (Å²) in [5.41, 5.74) is 1.14. The van der Waals surface area contributed by atoms with E-state index in [2.05, 4.69) is 4.98 Å². The first-order chi connectivity index (χ1) is 12.6. The molecule has 1 saturated heterocycles. The number of halogens is 1. The Balaban J connectivity index is 1.43. The predicted molar refractivity (Wildman–Crippen MR) is 97.2 cm³/mol. The first-order valence-corrected chi connectivity index (χ1v) is 8.87. The number of carbonyl (C=O) groups excluding carboxylic acids is 1. The number of hydrogen-bond donors (Lipinski definition) is 0. The molecule has 0 spiro atoms. The van der Waals surface area contributed by atoms with Crippen molar-refractivity contribution < 1.29 is 13.9 Å². The molecule has 0 bridgehead atoms. The van der Waals surface area contributed by atoms with E-state index in [1.807, 2.05) is 29.0 Å². The fourth-order valence-electron chi connectivity index (χ4n) is 3.14. The maximum absolute atomic E-state index is 13.2. The lowest BCUT2D eigenvalue weighted by Gasteiger charge is -2.33. The van der Waals surface area contributed by atoms with Gasteiger partial charge < -0.3 is 9.64 Å². The summed E-state index contributed by atoms with van der Waals surface area (Å²) >= 11 is 0. The summed E-state index contributed by atoms with van der Waals surface area (Å²) in [7, 11) is 1.94. The Morgan fingerprint density at radius 3 is 2.69 bits per heavy atom. The summed E-state index contributed by atoms with van der Waals surface area (Å²) < 4.78 is 19.1. The monoisotopic (exact) mass is 357 g/mol. The van der Waals surface area contributed by atoms with Crippen molar-refractivity contribution in [2.45, 2.75) is 25.5 Å². The third-order valence-electron chi connectivity index (χ3n) is 4.50. The minimum absolute atomic E-state index is 0.0235. The molecule has 26 heavy (non-hydrogen) atoms. The standard InChI is InChI=1S/C20H24FN3O2/c1-23(14-16-5-9-22-10-6-16)15-20(25)24-11-7-18(8-12-24)26-19-4-2-3-17(21)13-19/h2-6,9-10,13,18H,7-8,11-12,14-15H2,1H3. The molecule has 2 aromatic rings. The van der Waals surface area contributed by atoms with Crippen LogP contribution in [0, 0.1) is 5.82 Å². The minimum Gasteiger partial charge on any atom is -0.490 e. The molecule has 0 atom stereocenters. The first kappa shape index (κ1) is 18.3. The number of likely N-dealkylation sites (tertiary alicyclic amines) is 1. The van der Waals surface area contributed by atoms with Crippen LogP contribution in [0.3, 0.4) is 0 Å². The number of rotatable bonds is 6. The molecule has 1 amide bonds. The van der Waals surface area contributed by atoms with Gasteiger partial charge in [-0.15, -0.1) is 0 Å². The largest absolute Gasteiger partial charge is 0.490 e. The lowest BCUT2D eigenvalue weighted by atomic mass is 10.1. The lowest BCUT2D eigenvalue weighted by molar-refractivity contribution is -0.134. The second-order valence-electron chi connectivity index (χ2n) is 6.68. The number of aromatic nitrogens is 1. The number of benzene rings is 1. The van der Waals surface area contributed by atoms with Gasteiger partial charge in [0.2, 0.25) is 5.91 Å². The van der Waals surface area contributed by atoms with Crippen molar-refractivity contribution in [2.24, 2.45) is 0 Å². The fourth-order valence-corrected chi connectivity index (χ4v) is 3.14. The van der Waals surface area contributed by atoms with Crippen LogP contribution >= 0.6 is 0 Å². The highest BCUT2D eigenvalue weighted by molar-refractivity contribution is 5.78. The number of amides is 1. The third-order valence-corrected chi connectivity index (χ3v) is 4.50. The van der Waals surface area contributed by atoms with Crippen LogP contribution in [0.2, 0.25) is 0 Å². The molecule has 6 heteroatoms. The van der Waals surface area contributed by atoms with Gasteiger partial charge in [-0.25, -0.2) is 4.39 Å². The SMILES string of the molecule is CN(CC(=O)N1CCC(Oc2cccc(F)c2)CC1)Cc1ccncc1. The minimum atomic E-state index is -0.299. The van der Waals surface area contributed by atoms with E-state index in [-0.39, 0.29) is 17.8 Å². The van der Waals surface area contributed by atoms with Crippen molar-refractivity contribution in [2.75, 3.05) is 26.7 Å². The zero-order valence-corrected chi connectivity index (χ0v) is 15.0. The number of nitrogens with zero attached hydrogens (tertiary/aromatic N) is 3. The van der Waals surface area contributed by atoms with E-state index in [4.69, 9.17) is 4.74 Å². The van der Waals surface area contributed by atoms with Crippen molar-refractivity contribution >= 4 is 5.91 Å². The number of piperidine rings is 1. The van der Waals surface area contributed by atoms with Crippen molar-refractivity contribution in [1.29, 1.82) is 0 Å². The Kier molecular flexibility index (Phi) is 6.17. The number of ether oxygens (including phenoxy) is 1. The van der Waals surface area contributed by atoms with Gasteiger partial charge in [-0.1, -0.05) is 6.07 Å². The predicted octanol–water partition coefficient (Wildman–Crippen LogP) is 2.72. The third kappa shape index (κ3) is 5.26. The molecule has 138 valence electrons. The van der Waals surface area contributed by atoms with Gasteiger partial charge in [-0.05, 0) is 36.9 Å². The summed E-state index contributed by atoms with van der Waals surface area (Å²) in [6.07, 6.45) is 5.06. The number of carbonyl (C=O) groups is 1. The molecule has 2 heterocycles. The van der Waals surface area contributed by atoms with E-state index >= 15 is 0 Å². The topological polar surface area (TPSA) is 45.7 Å². The van der Waals surface area contributed by atoms with E-state index in [0.717, 1.165) is 18.4 Å². The lowest BCUT2D eigenvalue weighted by Crippen LogP contribution is -2.45. The molecule has 0 unspecified atom stereocenters. The van der Waals surface area contributed by atoms with Gasteiger partial charge in [0.05, 0.1) is 6.54 Å². The van der Waals surface area contributed by atoms with E-state index in [1.165, 1.54) is 12.1 Å². The Morgan fingerprint density at radius 1 is 1.27 bits per heavy atom. The molecule has 1 aliphatic rings. The van der Waals surface area contributed by atoms with Gasteiger partial charge in [-0.2, -0.15) is 0 Å². The Hall–Kier alpha value is -2.47. The summed E-state index contributed by atoms with van der Waals surface area (Å²) in [6.45, 7) is 2.44. The molecular weight excluding hydrogens is 333 g/mol. The maximum Gasteiger partial charge on any atom is 0.236 e. The smallest absolute Gasteiger partial charge is 0.236 e. The quantitative estimate of drug-likeness (QED) is 0.797. The van der Waals surface area contributed by atoms with Crippen molar-refractivity contribution in [3.63, 3.8) is 0 Å². The molecule has 0 N–H and O–H groups in total. The van der Waals surface area contributed by atoms with Crippen molar-refractivity contribution in [3.05, 3.63) is 60.2 Å². The van der Waals surface area contributed by atoms with Crippen LogP contribution in [-0.4, -0.2) is 53.5 Å². The van der Waals surface area contributed by atoms with Crippen molar-refractivity contribution in [1.82, 2.24) is 14.8 Å². The van der Waals surface area contributed by atoms with Crippen LogP contribution < -0.4 is 4.74 Å². The number of likely N-dealkylation sites (N-methyl/N-ethyl adjacent to an activating group) is 1. The second-order valence-corrected chi connectivity index (χ2v) is 6.68. The van der Waals surface area contributed by atoms with Gasteiger partial charge in [-0.3, -0.25) is 14.7 Å². The van der Waals surface area contributed by atoms with Gasteiger partial charge in [0.1, 0.15) is 17.7 Å². The van der Waals surface area contributed by atoms with E-state index < -0.39 is 0 Å². The summed E-state index contributed by atoms with van der Waals surface area (Å²) in [5, 5.41) is 0. The molecule has 1 fully saturated rings. The van der Waals surface area contributed by atoms with E-state index in [1.54, 1.807) is 24.5 Å². The molecule has 0 radical (unpaired) electrons. The van der Waals surface area contributed by atoms with Gasteiger partial charge in [0, 0.05) is 50.9 Å². The highest BCUT2D eigenvalue weighted by Gasteiger charge is 2.24. The molecule has 5 nitrogen and oxygen atoms in total. The van der Waals surface area contributed by atoms with Crippen LogP contribution in [0.15, 0.2) is 48.8 Å². The molecule has 0 aliphatic carbocycles. The van der Waals surface area contributed by atoms with Crippen LogP contribution in [0.1, 0.15) is 18.4 Å².